The van der Waals surface area contributed by atoms with Crippen molar-refractivity contribution in [3.05, 3.63) is 0 Å². The van der Waals surface area contributed by atoms with E-state index < -0.39 is 40.1 Å². The Morgan fingerprint density at radius 2 is 1.58 bits per heavy atom. The van der Waals surface area contributed by atoms with Crippen molar-refractivity contribution in [3.8, 4) is 0 Å². The van der Waals surface area contributed by atoms with Crippen LogP contribution in [0.2, 0.25) is 0 Å². The molecule has 0 radical (unpaired) electrons. The SMILES string of the molecule is CC[C@H]1O[C@H](OC(=N)C(Cl)(Cl)Cl)[C@H](OC(C)=O)[C@@H](OC(C)=O)[C@@H]1C. The van der Waals surface area contributed by atoms with E-state index in [1.807, 2.05) is 6.92 Å². The summed E-state index contributed by atoms with van der Waals surface area (Å²) in [6, 6.07) is 0. The highest BCUT2D eigenvalue weighted by Gasteiger charge is 2.49. The molecular formula is C14H20Cl3NO6. The molecule has 0 aromatic rings. The summed E-state index contributed by atoms with van der Waals surface area (Å²) in [6.45, 7) is 6.11. The fourth-order valence-electron chi connectivity index (χ4n) is 2.47. The van der Waals surface area contributed by atoms with Crippen molar-refractivity contribution in [2.24, 2.45) is 5.92 Å². The molecule has 0 amide bonds. The lowest BCUT2D eigenvalue weighted by Crippen LogP contribution is -2.58. The minimum absolute atomic E-state index is 0.273. The van der Waals surface area contributed by atoms with Crippen LogP contribution in [-0.2, 0) is 28.5 Å². The van der Waals surface area contributed by atoms with E-state index in [9.17, 15) is 9.59 Å². The third kappa shape index (κ3) is 5.65. The first kappa shape index (κ1) is 21.3. The zero-order valence-electron chi connectivity index (χ0n) is 13.7. The second-order valence-corrected chi connectivity index (χ2v) is 7.68. The minimum Gasteiger partial charge on any atom is -0.458 e. The summed E-state index contributed by atoms with van der Waals surface area (Å²) in [4.78, 5) is 22.8. The van der Waals surface area contributed by atoms with E-state index in [-0.39, 0.29) is 12.0 Å². The number of alkyl halides is 3. The van der Waals surface area contributed by atoms with Gasteiger partial charge in [-0.2, -0.15) is 0 Å². The van der Waals surface area contributed by atoms with Crippen molar-refractivity contribution in [2.45, 2.75) is 62.5 Å². The van der Waals surface area contributed by atoms with Crippen molar-refractivity contribution in [3.63, 3.8) is 0 Å². The Morgan fingerprint density at radius 1 is 1.08 bits per heavy atom. The number of halogens is 3. The highest BCUT2D eigenvalue weighted by atomic mass is 35.6. The number of rotatable bonds is 4. The molecule has 5 atom stereocenters. The predicted octanol–water partition coefficient (Wildman–Crippen LogP) is 2.98. The molecule has 10 heteroatoms. The van der Waals surface area contributed by atoms with Gasteiger partial charge in [0, 0.05) is 19.8 Å². The number of hydrogen-bond acceptors (Lipinski definition) is 7. The third-order valence-electron chi connectivity index (χ3n) is 3.50. The van der Waals surface area contributed by atoms with Gasteiger partial charge in [-0.3, -0.25) is 15.0 Å². The fourth-order valence-corrected chi connectivity index (χ4v) is 2.60. The van der Waals surface area contributed by atoms with E-state index in [4.69, 9.17) is 59.2 Å². The van der Waals surface area contributed by atoms with Gasteiger partial charge in [-0.1, -0.05) is 48.7 Å². The van der Waals surface area contributed by atoms with Crippen LogP contribution in [-0.4, -0.2) is 46.2 Å². The summed E-state index contributed by atoms with van der Waals surface area (Å²) in [7, 11) is 0. The molecule has 0 aromatic heterocycles. The molecule has 7 nitrogen and oxygen atoms in total. The third-order valence-corrected chi connectivity index (χ3v) is 4.02. The lowest BCUT2D eigenvalue weighted by atomic mass is 9.89. The Bertz CT molecular complexity index is 495. The Kier molecular flexibility index (Phi) is 7.59. The normalized spacial score (nSPS) is 30.4. The van der Waals surface area contributed by atoms with E-state index in [0.717, 1.165) is 0 Å². The van der Waals surface area contributed by atoms with Gasteiger partial charge in [0.15, 0.2) is 0 Å². The van der Waals surface area contributed by atoms with Gasteiger partial charge < -0.3 is 18.9 Å². The molecular weight excluding hydrogens is 385 g/mol. The average molecular weight is 405 g/mol. The standard InChI is InChI=1S/C14H20Cl3NO6/c1-5-9-6(2)10(21-7(3)19)11(22-8(4)20)12(23-9)24-13(18)14(15,16)17/h6,9-12,18H,5H2,1-4H3/t6-,9-,10+,11-,12-/m1/s1. The van der Waals surface area contributed by atoms with Gasteiger partial charge >= 0.3 is 11.9 Å². The Balaban J connectivity index is 3.12. The topological polar surface area (TPSA) is 94.9 Å². The van der Waals surface area contributed by atoms with Crippen molar-refractivity contribution in [1.29, 1.82) is 5.41 Å². The molecule has 1 aliphatic heterocycles. The Hall–Kier alpha value is -0.760. The highest BCUT2D eigenvalue weighted by molar-refractivity contribution is 6.76. The average Bonchev–Trinajstić information content (AvgIpc) is 2.43. The Morgan fingerprint density at radius 3 is 2.00 bits per heavy atom. The maximum absolute atomic E-state index is 11.4. The molecule has 1 aliphatic rings. The van der Waals surface area contributed by atoms with E-state index in [1.165, 1.54) is 13.8 Å². The molecule has 1 saturated heterocycles. The molecule has 1 rings (SSSR count). The van der Waals surface area contributed by atoms with Crippen LogP contribution in [0.4, 0.5) is 0 Å². The molecule has 0 unspecified atom stereocenters. The van der Waals surface area contributed by atoms with Gasteiger partial charge in [-0.25, -0.2) is 0 Å². The number of carbonyl (C=O) groups excluding carboxylic acids is 2. The van der Waals surface area contributed by atoms with Gasteiger partial charge in [0.05, 0.1) is 6.10 Å². The Labute approximate surface area is 155 Å². The molecule has 0 spiro atoms. The van der Waals surface area contributed by atoms with Crippen LogP contribution in [0.3, 0.4) is 0 Å². The molecule has 0 bridgehead atoms. The van der Waals surface area contributed by atoms with Crippen LogP contribution >= 0.6 is 34.8 Å². The van der Waals surface area contributed by atoms with Gasteiger partial charge in [0.25, 0.3) is 3.79 Å². The van der Waals surface area contributed by atoms with Crippen LogP contribution in [0, 0.1) is 11.3 Å². The largest absolute Gasteiger partial charge is 0.458 e. The number of ether oxygens (including phenoxy) is 4. The molecule has 0 saturated carbocycles. The summed E-state index contributed by atoms with van der Waals surface area (Å²) in [5, 5.41) is 7.68. The fraction of sp³-hybridized carbons (Fsp3) is 0.786. The first-order valence-corrected chi connectivity index (χ1v) is 8.43. The van der Waals surface area contributed by atoms with E-state index in [0.29, 0.717) is 6.42 Å². The van der Waals surface area contributed by atoms with Gasteiger partial charge in [-0.15, -0.1) is 0 Å². The smallest absolute Gasteiger partial charge is 0.303 e. The number of hydrogen-bond donors (Lipinski definition) is 1. The summed E-state index contributed by atoms with van der Waals surface area (Å²) < 4.78 is 19.4. The molecule has 138 valence electrons. The summed E-state index contributed by atoms with van der Waals surface area (Å²) in [5.74, 6) is -2.14. The second kappa shape index (κ2) is 8.56. The quantitative estimate of drug-likeness (QED) is 0.335. The molecule has 0 aromatic carbocycles. The van der Waals surface area contributed by atoms with Crippen molar-refractivity contribution in [2.75, 3.05) is 0 Å². The van der Waals surface area contributed by atoms with Gasteiger partial charge in [0.2, 0.25) is 18.3 Å². The maximum atomic E-state index is 11.4. The number of esters is 2. The molecule has 1 heterocycles. The monoisotopic (exact) mass is 403 g/mol. The molecule has 0 aliphatic carbocycles. The van der Waals surface area contributed by atoms with Crippen LogP contribution in [0.25, 0.3) is 0 Å². The van der Waals surface area contributed by atoms with Crippen LogP contribution in [0.15, 0.2) is 0 Å². The first-order chi connectivity index (χ1) is 11.0. The molecule has 1 fully saturated rings. The molecule has 24 heavy (non-hydrogen) atoms. The molecule has 1 N–H and O–H groups in total. The van der Waals surface area contributed by atoms with Crippen molar-refractivity contribution in [1.82, 2.24) is 0 Å². The second-order valence-electron chi connectivity index (χ2n) is 5.40. The van der Waals surface area contributed by atoms with Crippen molar-refractivity contribution >= 4 is 52.6 Å². The maximum Gasteiger partial charge on any atom is 0.303 e. The zero-order valence-corrected chi connectivity index (χ0v) is 15.9. The van der Waals surface area contributed by atoms with E-state index in [1.54, 1.807) is 6.92 Å². The van der Waals surface area contributed by atoms with Crippen LogP contribution < -0.4 is 0 Å². The van der Waals surface area contributed by atoms with Gasteiger partial charge in [-0.05, 0) is 6.42 Å². The van der Waals surface area contributed by atoms with Crippen LogP contribution in [0.5, 0.6) is 0 Å². The van der Waals surface area contributed by atoms with Crippen LogP contribution in [0.1, 0.15) is 34.1 Å². The lowest BCUT2D eigenvalue weighted by Gasteiger charge is -2.44. The predicted molar refractivity (Wildman–Crippen MR) is 88.3 cm³/mol. The highest BCUT2D eigenvalue weighted by Crippen LogP contribution is 2.35. The summed E-state index contributed by atoms with van der Waals surface area (Å²) in [5.41, 5.74) is 0. The minimum atomic E-state index is -2.11. The lowest BCUT2D eigenvalue weighted by molar-refractivity contribution is -0.270. The first-order valence-electron chi connectivity index (χ1n) is 7.29. The van der Waals surface area contributed by atoms with Gasteiger partial charge in [0.1, 0.15) is 6.10 Å². The number of nitrogens with one attached hydrogen (secondary N) is 1. The zero-order chi connectivity index (χ0) is 18.7. The summed E-state index contributed by atoms with van der Waals surface area (Å²) in [6.07, 6.45) is -2.96. The number of carbonyl (C=O) groups is 2. The van der Waals surface area contributed by atoms with Crippen molar-refractivity contribution < 1.29 is 28.5 Å². The van der Waals surface area contributed by atoms with E-state index in [2.05, 4.69) is 0 Å². The van der Waals surface area contributed by atoms with E-state index >= 15 is 0 Å². The summed E-state index contributed by atoms with van der Waals surface area (Å²) >= 11 is 16.8.